The number of nitro benzene ring substituents is 1. The van der Waals surface area contributed by atoms with E-state index in [-0.39, 0.29) is 4.90 Å². The molecule has 0 saturated carbocycles. The molecule has 0 heterocycles. The number of nitrogens with zero attached hydrogens (tertiary/aromatic N) is 1. The summed E-state index contributed by atoms with van der Waals surface area (Å²) in [7, 11) is -4.01. The lowest BCUT2D eigenvalue weighted by molar-refractivity contribution is -0.387. The van der Waals surface area contributed by atoms with E-state index in [2.05, 4.69) is 11.6 Å². The molecule has 2 aromatic carbocycles. The molecule has 0 aliphatic rings. The minimum atomic E-state index is -4.01. The van der Waals surface area contributed by atoms with Crippen LogP contribution in [0.4, 0.5) is 11.4 Å². The average Bonchev–Trinajstić information content (AvgIpc) is 2.41. The molecule has 103 valence electrons. The van der Waals surface area contributed by atoms with Crippen LogP contribution in [0.2, 0.25) is 0 Å². The number of nitro groups is 1. The maximum absolute atomic E-state index is 12.2. The first kappa shape index (κ1) is 14.0. The van der Waals surface area contributed by atoms with Gasteiger partial charge < -0.3 is 0 Å². The van der Waals surface area contributed by atoms with E-state index in [1.807, 2.05) is 0 Å². The second-order valence-corrected chi connectivity index (χ2v) is 5.68. The third kappa shape index (κ3) is 2.94. The third-order valence-electron chi connectivity index (χ3n) is 2.56. The van der Waals surface area contributed by atoms with E-state index in [4.69, 9.17) is 0 Å². The maximum atomic E-state index is 12.2. The van der Waals surface area contributed by atoms with Gasteiger partial charge in [0.1, 0.15) is 0 Å². The Kier molecular flexibility index (Phi) is 3.71. The Hall–Kier alpha value is -2.41. The van der Waals surface area contributed by atoms with Crippen LogP contribution in [0.25, 0.3) is 0 Å². The van der Waals surface area contributed by atoms with Gasteiger partial charge in [0.2, 0.25) is 0 Å². The van der Waals surface area contributed by atoms with Gasteiger partial charge in [0.25, 0.3) is 15.7 Å². The molecule has 0 spiro atoms. The van der Waals surface area contributed by atoms with Crippen molar-refractivity contribution < 1.29 is 13.3 Å². The highest BCUT2D eigenvalue weighted by Gasteiger charge is 2.24. The standard InChI is InChI=1S/C13H11N2O4S/c1-10-6-8-11(9-7-10)14-20(18,19)13-5-3-2-4-12(13)15(16)17/h2-9,14H,1H2. The topological polar surface area (TPSA) is 89.3 Å². The van der Waals surface area contributed by atoms with Crippen LogP contribution >= 0.6 is 0 Å². The summed E-state index contributed by atoms with van der Waals surface area (Å²) in [5, 5.41) is 10.9. The summed E-state index contributed by atoms with van der Waals surface area (Å²) in [5.41, 5.74) is 0.586. The normalized spacial score (nSPS) is 11.1. The van der Waals surface area contributed by atoms with Gasteiger partial charge in [0, 0.05) is 11.8 Å². The van der Waals surface area contributed by atoms with Gasteiger partial charge in [-0.1, -0.05) is 24.3 Å². The molecule has 0 aliphatic heterocycles. The number of benzene rings is 2. The van der Waals surface area contributed by atoms with Crippen LogP contribution in [0.3, 0.4) is 0 Å². The fourth-order valence-corrected chi connectivity index (χ4v) is 2.85. The Morgan fingerprint density at radius 3 is 2.25 bits per heavy atom. The summed E-state index contributed by atoms with van der Waals surface area (Å²) >= 11 is 0. The quantitative estimate of drug-likeness (QED) is 0.692. The first-order valence-corrected chi connectivity index (χ1v) is 7.07. The Morgan fingerprint density at radius 2 is 1.65 bits per heavy atom. The minimum absolute atomic E-state index is 0.315. The predicted octanol–water partition coefficient (Wildman–Crippen LogP) is 2.58. The van der Waals surface area contributed by atoms with Gasteiger partial charge in [-0.3, -0.25) is 14.8 Å². The summed E-state index contributed by atoms with van der Waals surface area (Å²) in [5.74, 6) is 0. The largest absolute Gasteiger partial charge is 0.289 e. The van der Waals surface area contributed by atoms with Crippen molar-refractivity contribution in [2.45, 2.75) is 4.90 Å². The van der Waals surface area contributed by atoms with Crippen LogP contribution < -0.4 is 4.72 Å². The fourth-order valence-electron chi connectivity index (χ4n) is 1.62. The van der Waals surface area contributed by atoms with Gasteiger partial charge in [-0.05, 0) is 30.7 Å². The highest BCUT2D eigenvalue weighted by atomic mass is 32.2. The van der Waals surface area contributed by atoms with E-state index in [1.54, 1.807) is 12.1 Å². The summed E-state index contributed by atoms with van der Waals surface area (Å²) < 4.78 is 26.7. The van der Waals surface area contributed by atoms with Crippen molar-refractivity contribution in [1.29, 1.82) is 0 Å². The lowest BCUT2D eigenvalue weighted by atomic mass is 10.2. The second kappa shape index (κ2) is 5.30. The molecule has 0 unspecified atom stereocenters. The van der Waals surface area contributed by atoms with E-state index in [0.717, 1.165) is 11.6 Å². The Labute approximate surface area is 116 Å². The number of hydrogen-bond acceptors (Lipinski definition) is 4. The van der Waals surface area contributed by atoms with Crippen molar-refractivity contribution in [2.75, 3.05) is 4.72 Å². The molecule has 20 heavy (non-hydrogen) atoms. The fraction of sp³-hybridized carbons (Fsp3) is 0. The number of rotatable bonds is 4. The Bertz CT molecular complexity index is 739. The van der Waals surface area contributed by atoms with Crippen molar-refractivity contribution in [1.82, 2.24) is 0 Å². The lowest BCUT2D eigenvalue weighted by Gasteiger charge is -2.08. The molecule has 0 bridgehead atoms. The first-order chi connectivity index (χ1) is 9.40. The van der Waals surface area contributed by atoms with Crippen molar-refractivity contribution in [3.05, 3.63) is 71.1 Å². The predicted molar refractivity (Wildman–Crippen MR) is 74.8 cm³/mol. The van der Waals surface area contributed by atoms with Crippen LogP contribution in [-0.4, -0.2) is 13.3 Å². The molecule has 1 N–H and O–H groups in total. The molecular weight excluding hydrogens is 280 g/mol. The molecule has 6 nitrogen and oxygen atoms in total. The monoisotopic (exact) mass is 291 g/mol. The third-order valence-corrected chi connectivity index (χ3v) is 3.99. The smallest absolute Gasteiger partial charge is 0.279 e. The van der Waals surface area contributed by atoms with Gasteiger partial charge in [-0.2, -0.15) is 0 Å². The average molecular weight is 291 g/mol. The van der Waals surface area contributed by atoms with E-state index in [0.29, 0.717) is 5.69 Å². The van der Waals surface area contributed by atoms with E-state index in [1.165, 1.54) is 30.3 Å². The molecule has 0 saturated heterocycles. The zero-order valence-corrected chi connectivity index (χ0v) is 11.1. The maximum Gasteiger partial charge on any atom is 0.289 e. The number of para-hydroxylation sites is 1. The summed E-state index contributed by atoms with van der Waals surface area (Å²) in [6.45, 7) is 3.69. The van der Waals surface area contributed by atoms with Crippen molar-refractivity contribution in [3.8, 4) is 0 Å². The van der Waals surface area contributed by atoms with E-state index < -0.39 is 20.6 Å². The van der Waals surface area contributed by atoms with Crippen molar-refractivity contribution in [3.63, 3.8) is 0 Å². The summed E-state index contributed by atoms with van der Waals surface area (Å²) in [6, 6.07) is 11.5. The van der Waals surface area contributed by atoms with Gasteiger partial charge >= 0.3 is 0 Å². The Morgan fingerprint density at radius 1 is 1.05 bits per heavy atom. The summed E-state index contributed by atoms with van der Waals surface area (Å²) in [4.78, 5) is 9.77. The number of sulfonamides is 1. The number of nitrogens with one attached hydrogen (secondary N) is 1. The minimum Gasteiger partial charge on any atom is -0.279 e. The lowest BCUT2D eigenvalue weighted by Crippen LogP contribution is -2.14. The van der Waals surface area contributed by atoms with E-state index in [9.17, 15) is 18.5 Å². The SMILES string of the molecule is [CH2]c1ccc(NS(=O)(=O)c2ccccc2[N+](=O)[O-])cc1. The molecule has 0 fully saturated rings. The van der Waals surface area contributed by atoms with E-state index >= 15 is 0 Å². The van der Waals surface area contributed by atoms with Crippen LogP contribution in [0.5, 0.6) is 0 Å². The molecule has 2 rings (SSSR count). The van der Waals surface area contributed by atoms with Crippen LogP contribution in [0.15, 0.2) is 53.4 Å². The van der Waals surface area contributed by atoms with Gasteiger partial charge in [0.05, 0.1) is 4.92 Å². The van der Waals surface area contributed by atoms with Gasteiger partial charge in [0.15, 0.2) is 4.90 Å². The molecule has 7 heteroatoms. The molecule has 0 aromatic heterocycles. The van der Waals surface area contributed by atoms with Crippen molar-refractivity contribution >= 4 is 21.4 Å². The van der Waals surface area contributed by atoms with Crippen LogP contribution in [0, 0.1) is 17.0 Å². The van der Waals surface area contributed by atoms with Crippen molar-refractivity contribution in [2.24, 2.45) is 0 Å². The highest BCUT2D eigenvalue weighted by molar-refractivity contribution is 7.92. The second-order valence-electron chi connectivity index (χ2n) is 4.03. The molecule has 2 aromatic rings. The first-order valence-electron chi connectivity index (χ1n) is 5.58. The zero-order valence-electron chi connectivity index (χ0n) is 10.3. The summed E-state index contributed by atoms with van der Waals surface area (Å²) in [6.07, 6.45) is 0. The molecule has 0 aliphatic carbocycles. The Balaban J connectivity index is 2.41. The molecule has 1 radical (unpaired) electrons. The zero-order chi connectivity index (χ0) is 14.8. The number of hydrogen-bond donors (Lipinski definition) is 1. The van der Waals surface area contributed by atoms with Gasteiger partial charge in [-0.25, -0.2) is 8.42 Å². The number of anilines is 1. The molecular formula is C13H11N2O4S. The molecule has 0 atom stereocenters. The van der Waals surface area contributed by atoms with Gasteiger partial charge in [-0.15, -0.1) is 0 Å². The van der Waals surface area contributed by atoms with Crippen LogP contribution in [0.1, 0.15) is 5.56 Å². The molecule has 0 amide bonds. The van der Waals surface area contributed by atoms with Crippen LogP contribution in [-0.2, 0) is 10.0 Å². The highest BCUT2D eigenvalue weighted by Crippen LogP contribution is 2.25.